The Balaban J connectivity index is 2.22. The second kappa shape index (κ2) is 6.88. The van der Waals surface area contributed by atoms with Crippen LogP contribution in [0.4, 0.5) is 0 Å². The van der Waals surface area contributed by atoms with Crippen LogP contribution in [-0.2, 0) is 0 Å². The third kappa shape index (κ3) is 5.68. The quantitative estimate of drug-likeness (QED) is 0.760. The molecule has 18 heavy (non-hydrogen) atoms. The van der Waals surface area contributed by atoms with Crippen LogP contribution in [-0.4, -0.2) is 60.6 Å². The molecule has 1 saturated heterocycles. The van der Waals surface area contributed by atoms with Gasteiger partial charge < -0.3 is 10.2 Å². The van der Waals surface area contributed by atoms with E-state index in [-0.39, 0.29) is 5.54 Å². The van der Waals surface area contributed by atoms with Gasteiger partial charge in [0.1, 0.15) is 0 Å². The molecule has 2 atom stereocenters. The van der Waals surface area contributed by atoms with Crippen LogP contribution in [0.15, 0.2) is 0 Å². The van der Waals surface area contributed by atoms with E-state index >= 15 is 0 Å². The number of rotatable bonds is 5. The fourth-order valence-corrected chi connectivity index (χ4v) is 2.84. The highest BCUT2D eigenvalue weighted by Crippen LogP contribution is 2.15. The Morgan fingerprint density at radius 3 is 2.50 bits per heavy atom. The lowest BCUT2D eigenvalue weighted by Crippen LogP contribution is -2.53. The Hall–Kier alpha value is -0.120. The van der Waals surface area contributed by atoms with E-state index in [0.29, 0.717) is 6.04 Å². The lowest BCUT2D eigenvalue weighted by atomic mass is 10.1. The summed E-state index contributed by atoms with van der Waals surface area (Å²) in [5.74, 6) is 0. The lowest BCUT2D eigenvalue weighted by molar-refractivity contribution is 0.0635. The zero-order chi connectivity index (χ0) is 13.8. The van der Waals surface area contributed by atoms with E-state index in [0.717, 1.165) is 12.6 Å². The van der Waals surface area contributed by atoms with Crippen molar-refractivity contribution in [1.82, 2.24) is 15.1 Å². The summed E-state index contributed by atoms with van der Waals surface area (Å²) in [4.78, 5) is 5.12. The maximum Gasteiger partial charge on any atom is 0.0198 e. The van der Waals surface area contributed by atoms with Crippen molar-refractivity contribution in [1.29, 1.82) is 0 Å². The summed E-state index contributed by atoms with van der Waals surface area (Å²) in [6, 6.07) is 1.42. The molecule has 1 N–H and O–H groups in total. The van der Waals surface area contributed by atoms with Crippen molar-refractivity contribution in [3.8, 4) is 0 Å². The molecule has 1 aliphatic rings. The zero-order valence-corrected chi connectivity index (χ0v) is 13.3. The zero-order valence-electron chi connectivity index (χ0n) is 13.3. The minimum absolute atomic E-state index is 0.254. The van der Waals surface area contributed by atoms with Crippen LogP contribution < -0.4 is 5.32 Å². The smallest absolute Gasteiger partial charge is 0.0198 e. The van der Waals surface area contributed by atoms with Crippen LogP contribution in [0.25, 0.3) is 0 Å². The van der Waals surface area contributed by atoms with Crippen LogP contribution in [0.5, 0.6) is 0 Å². The summed E-state index contributed by atoms with van der Waals surface area (Å²) in [6.07, 6.45) is 2.58. The van der Waals surface area contributed by atoms with Crippen molar-refractivity contribution in [2.45, 2.75) is 65.1 Å². The Kier molecular flexibility index (Phi) is 6.09. The Morgan fingerprint density at radius 1 is 1.28 bits per heavy atom. The van der Waals surface area contributed by atoms with Crippen molar-refractivity contribution in [2.24, 2.45) is 0 Å². The number of hydrogen-bond donors (Lipinski definition) is 1. The van der Waals surface area contributed by atoms with Crippen LogP contribution in [0, 0.1) is 0 Å². The summed E-state index contributed by atoms with van der Waals surface area (Å²) >= 11 is 0. The fraction of sp³-hybridized carbons (Fsp3) is 1.00. The normalized spacial score (nSPS) is 25.3. The van der Waals surface area contributed by atoms with Gasteiger partial charge in [0.25, 0.3) is 0 Å². The highest BCUT2D eigenvalue weighted by atomic mass is 15.3. The topological polar surface area (TPSA) is 18.5 Å². The SMILES string of the molecule is CC(CCCNC(C)(C)C)N1CCN(C)CC1C. The van der Waals surface area contributed by atoms with Gasteiger partial charge in [-0.2, -0.15) is 0 Å². The van der Waals surface area contributed by atoms with Gasteiger partial charge in [-0.25, -0.2) is 0 Å². The molecule has 0 saturated carbocycles. The van der Waals surface area contributed by atoms with Crippen LogP contribution in [0.3, 0.4) is 0 Å². The standard InChI is InChI=1S/C15H33N3/c1-13(8-7-9-16-15(3,4)5)18-11-10-17(6)12-14(18)2/h13-14,16H,7-12H2,1-6H3. The third-order valence-corrected chi connectivity index (χ3v) is 3.90. The molecule has 1 fully saturated rings. The van der Waals surface area contributed by atoms with Crippen molar-refractivity contribution >= 4 is 0 Å². The van der Waals surface area contributed by atoms with Gasteiger partial charge in [-0.05, 0) is 61.1 Å². The molecule has 1 rings (SSSR count). The summed E-state index contributed by atoms with van der Waals surface area (Å²) in [5, 5.41) is 3.57. The van der Waals surface area contributed by atoms with Gasteiger partial charge in [0.15, 0.2) is 0 Å². The molecule has 0 spiro atoms. The molecule has 0 radical (unpaired) electrons. The summed E-state index contributed by atoms with van der Waals surface area (Å²) in [7, 11) is 2.23. The first-order valence-corrected chi connectivity index (χ1v) is 7.49. The van der Waals surface area contributed by atoms with Crippen molar-refractivity contribution < 1.29 is 0 Å². The molecular formula is C15H33N3. The molecule has 0 amide bonds. The molecule has 1 heterocycles. The number of piperazine rings is 1. The van der Waals surface area contributed by atoms with Crippen molar-refractivity contribution in [3.63, 3.8) is 0 Å². The molecule has 1 aliphatic heterocycles. The lowest BCUT2D eigenvalue weighted by Gasteiger charge is -2.42. The first kappa shape index (κ1) is 15.9. The van der Waals surface area contributed by atoms with E-state index in [1.807, 2.05) is 0 Å². The molecule has 3 nitrogen and oxygen atoms in total. The Morgan fingerprint density at radius 2 is 1.94 bits per heavy atom. The molecule has 108 valence electrons. The predicted octanol–water partition coefficient (Wildman–Crippen LogP) is 2.18. The summed E-state index contributed by atoms with van der Waals surface area (Å²) in [5.41, 5.74) is 0.254. The molecule has 0 aliphatic carbocycles. The van der Waals surface area contributed by atoms with E-state index in [1.165, 1.54) is 32.5 Å². The minimum atomic E-state index is 0.254. The average Bonchev–Trinajstić information content (AvgIpc) is 2.22. The first-order chi connectivity index (χ1) is 8.29. The van der Waals surface area contributed by atoms with Crippen LogP contribution in [0.1, 0.15) is 47.5 Å². The molecule has 0 aromatic heterocycles. The number of nitrogens with zero attached hydrogens (tertiary/aromatic N) is 2. The second-order valence-corrected chi connectivity index (χ2v) is 7.02. The first-order valence-electron chi connectivity index (χ1n) is 7.49. The number of nitrogens with one attached hydrogen (secondary N) is 1. The molecule has 0 aromatic carbocycles. The van der Waals surface area contributed by atoms with E-state index in [4.69, 9.17) is 0 Å². The van der Waals surface area contributed by atoms with E-state index in [2.05, 4.69) is 56.8 Å². The maximum atomic E-state index is 3.57. The Bertz CT molecular complexity index is 234. The summed E-state index contributed by atoms with van der Waals surface area (Å²) in [6.45, 7) is 16.2. The third-order valence-electron chi connectivity index (χ3n) is 3.90. The van der Waals surface area contributed by atoms with Crippen LogP contribution in [0.2, 0.25) is 0 Å². The van der Waals surface area contributed by atoms with E-state index < -0.39 is 0 Å². The number of likely N-dealkylation sites (N-methyl/N-ethyl adjacent to an activating group) is 1. The van der Waals surface area contributed by atoms with Gasteiger partial charge in [0, 0.05) is 37.3 Å². The predicted molar refractivity (Wildman–Crippen MR) is 80.1 cm³/mol. The van der Waals surface area contributed by atoms with Gasteiger partial charge in [0.2, 0.25) is 0 Å². The molecule has 3 heteroatoms. The molecular weight excluding hydrogens is 222 g/mol. The molecule has 0 bridgehead atoms. The van der Waals surface area contributed by atoms with Gasteiger partial charge in [-0.15, -0.1) is 0 Å². The second-order valence-electron chi connectivity index (χ2n) is 7.02. The van der Waals surface area contributed by atoms with Crippen molar-refractivity contribution in [2.75, 3.05) is 33.2 Å². The Labute approximate surface area is 114 Å². The highest BCUT2D eigenvalue weighted by molar-refractivity contribution is 4.81. The molecule has 0 aromatic rings. The van der Waals surface area contributed by atoms with Gasteiger partial charge in [-0.1, -0.05) is 0 Å². The van der Waals surface area contributed by atoms with Crippen LogP contribution >= 0.6 is 0 Å². The largest absolute Gasteiger partial charge is 0.312 e. The maximum absolute atomic E-state index is 3.57. The number of hydrogen-bond acceptors (Lipinski definition) is 3. The van der Waals surface area contributed by atoms with Gasteiger partial charge in [-0.3, -0.25) is 4.90 Å². The van der Waals surface area contributed by atoms with E-state index in [9.17, 15) is 0 Å². The fourth-order valence-electron chi connectivity index (χ4n) is 2.84. The van der Waals surface area contributed by atoms with E-state index in [1.54, 1.807) is 0 Å². The van der Waals surface area contributed by atoms with Gasteiger partial charge >= 0.3 is 0 Å². The molecule has 2 unspecified atom stereocenters. The van der Waals surface area contributed by atoms with Gasteiger partial charge in [0.05, 0.1) is 0 Å². The van der Waals surface area contributed by atoms with Crippen molar-refractivity contribution in [3.05, 3.63) is 0 Å². The average molecular weight is 255 g/mol. The monoisotopic (exact) mass is 255 g/mol. The highest BCUT2D eigenvalue weighted by Gasteiger charge is 2.25. The minimum Gasteiger partial charge on any atom is -0.312 e. The summed E-state index contributed by atoms with van der Waals surface area (Å²) < 4.78 is 0.